The Morgan fingerprint density at radius 3 is 3.10 bits per heavy atom. The quantitative estimate of drug-likeness (QED) is 0.809. The van der Waals surface area contributed by atoms with Crippen LogP contribution in [0.15, 0.2) is 40.6 Å². The number of nitrogens with zero attached hydrogens (tertiary/aromatic N) is 1. The van der Waals surface area contributed by atoms with E-state index in [0.717, 1.165) is 30.2 Å². The highest BCUT2D eigenvalue weighted by Crippen LogP contribution is 2.30. The molecule has 110 valence electrons. The molecule has 0 saturated heterocycles. The minimum absolute atomic E-state index is 0.197. The Kier molecular flexibility index (Phi) is 4.51. The first-order valence-electron chi connectivity index (χ1n) is 6.87. The van der Waals surface area contributed by atoms with Gasteiger partial charge in [-0.1, -0.05) is 12.1 Å². The van der Waals surface area contributed by atoms with Crippen molar-refractivity contribution in [2.75, 3.05) is 19.4 Å². The molecule has 1 aliphatic rings. The lowest BCUT2D eigenvalue weighted by Gasteiger charge is -2.27. The van der Waals surface area contributed by atoms with Crippen LogP contribution < -0.4 is 4.74 Å². The fourth-order valence-electron chi connectivity index (χ4n) is 2.43. The predicted octanol–water partition coefficient (Wildman–Crippen LogP) is 3.43. The van der Waals surface area contributed by atoms with Crippen molar-refractivity contribution < 1.29 is 9.53 Å². The molecule has 1 amide bonds. The van der Waals surface area contributed by atoms with Crippen LogP contribution >= 0.6 is 23.1 Å². The molecule has 3 nitrogen and oxygen atoms in total. The van der Waals surface area contributed by atoms with Crippen molar-refractivity contribution in [2.24, 2.45) is 0 Å². The highest BCUT2D eigenvalue weighted by molar-refractivity contribution is 8.00. The van der Waals surface area contributed by atoms with Crippen molar-refractivity contribution in [2.45, 2.75) is 17.9 Å². The van der Waals surface area contributed by atoms with Crippen molar-refractivity contribution in [3.05, 3.63) is 46.2 Å². The van der Waals surface area contributed by atoms with Crippen LogP contribution in [0.5, 0.6) is 5.75 Å². The van der Waals surface area contributed by atoms with Gasteiger partial charge in [-0.2, -0.15) is 0 Å². The molecule has 1 aliphatic heterocycles. The molecule has 2 aromatic rings. The maximum atomic E-state index is 12.4. The van der Waals surface area contributed by atoms with Gasteiger partial charge in [0, 0.05) is 22.9 Å². The van der Waals surface area contributed by atoms with Gasteiger partial charge >= 0.3 is 0 Å². The zero-order valence-electron chi connectivity index (χ0n) is 11.9. The zero-order chi connectivity index (χ0) is 14.7. The Morgan fingerprint density at radius 1 is 1.38 bits per heavy atom. The molecule has 0 unspecified atom stereocenters. The second-order valence-electron chi connectivity index (χ2n) is 4.87. The number of benzene rings is 1. The molecule has 1 aromatic heterocycles. The fourth-order valence-corrected chi connectivity index (χ4v) is 4.25. The van der Waals surface area contributed by atoms with Crippen molar-refractivity contribution in [1.29, 1.82) is 0 Å². The van der Waals surface area contributed by atoms with E-state index in [1.54, 1.807) is 30.2 Å². The summed E-state index contributed by atoms with van der Waals surface area (Å²) in [5, 5.41) is 2.11. The number of fused-ring (bicyclic) bond motifs is 1. The second-order valence-corrected chi connectivity index (χ2v) is 6.89. The molecule has 0 saturated carbocycles. The number of rotatable bonds is 4. The number of hydrogen-bond donors (Lipinski definition) is 0. The van der Waals surface area contributed by atoms with E-state index in [2.05, 4.69) is 11.4 Å². The normalized spacial score (nSPS) is 13.9. The molecule has 21 heavy (non-hydrogen) atoms. The van der Waals surface area contributed by atoms with Gasteiger partial charge in [0.25, 0.3) is 0 Å². The number of amides is 1. The summed E-state index contributed by atoms with van der Waals surface area (Å²) in [4.78, 5) is 16.8. The SMILES string of the molecule is COc1ccccc1SCC(=O)N1CCc2sccc2C1. The predicted molar refractivity (Wildman–Crippen MR) is 87.2 cm³/mol. The zero-order valence-corrected chi connectivity index (χ0v) is 13.5. The fraction of sp³-hybridized carbons (Fsp3) is 0.312. The first-order valence-corrected chi connectivity index (χ1v) is 8.73. The van der Waals surface area contributed by atoms with Gasteiger partial charge in [-0.05, 0) is 35.6 Å². The number of carbonyl (C=O) groups is 1. The van der Waals surface area contributed by atoms with E-state index in [9.17, 15) is 4.79 Å². The van der Waals surface area contributed by atoms with E-state index < -0.39 is 0 Å². The van der Waals surface area contributed by atoms with Crippen LogP contribution in [0.4, 0.5) is 0 Å². The van der Waals surface area contributed by atoms with Crippen molar-refractivity contribution in [1.82, 2.24) is 4.90 Å². The number of hydrogen-bond acceptors (Lipinski definition) is 4. The van der Waals surface area contributed by atoms with Gasteiger partial charge in [-0.25, -0.2) is 0 Å². The summed E-state index contributed by atoms with van der Waals surface area (Å²) in [5.74, 6) is 1.48. The molecule has 3 rings (SSSR count). The number of thioether (sulfide) groups is 1. The molecule has 0 spiro atoms. The first-order chi connectivity index (χ1) is 10.3. The molecule has 0 radical (unpaired) electrons. The lowest BCUT2D eigenvalue weighted by atomic mass is 10.1. The van der Waals surface area contributed by atoms with Gasteiger partial charge in [0.05, 0.1) is 12.9 Å². The standard InChI is InChI=1S/C16H17NO2S2/c1-19-13-4-2-3-5-15(13)21-11-16(18)17-8-6-14-12(10-17)7-9-20-14/h2-5,7,9H,6,8,10-11H2,1H3. The van der Waals surface area contributed by atoms with Crippen molar-refractivity contribution in [3.63, 3.8) is 0 Å². The summed E-state index contributed by atoms with van der Waals surface area (Å²) >= 11 is 3.34. The summed E-state index contributed by atoms with van der Waals surface area (Å²) in [5.41, 5.74) is 1.31. The number of para-hydroxylation sites is 1. The molecule has 1 aromatic carbocycles. The smallest absolute Gasteiger partial charge is 0.233 e. The number of carbonyl (C=O) groups excluding carboxylic acids is 1. The molecule has 0 fully saturated rings. The van der Waals surface area contributed by atoms with Crippen LogP contribution in [-0.2, 0) is 17.8 Å². The van der Waals surface area contributed by atoms with E-state index in [1.165, 1.54) is 10.4 Å². The first kappa shape index (κ1) is 14.5. The van der Waals surface area contributed by atoms with Gasteiger partial charge in [0.15, 0.2) is 0 Å². The van der Waals surface area contributed by atoms with E-state index in [4.69, 9.17) is 4.74 Å². The van der Waals surface area contributed by atoms with Crippen molar-refractivity contribution >= 4 is 29.0 Å². The third kappa shape index (κ3) is 3.24. The number of methoxy groups -OCH3 is 1. The van der Waals surface area contributed by atoms with Crippen LogP contribution in [0.1, 0.15) is 10.4 Å². The third-order valence-electron chi connectivity index (χ3n) is 3.58. The average Bonchev–Trinajstić information content (AvgIpc) is 3.00. The molecule has 0 atom stereocenters. The van der Waals surface area contributed by atoms with Gasteiger partial charge in [-0.3, -0.25) is 4.79 Å². The second kappa shape index (κ2) is 6.54. The number of thiophene rings is 1. The Bertz CT molecular complexity index is 639. The summed E-state index contributed by atoms with van der Waals surface area (Å²) < 4.78 is 5.31. The molecular weight excluding hydrogens is 302 g/mol. The maximum absolute atomic E-state index is 12.4. The minimum atomic E-state index is 0.197. The monoisotopic (exact) mass is 319 g/mol. The van der Waals surface area contributed by atoms with E-state index in [0.29, 0.717) is 5.75 Å². The number of ether oxygens (including phenoxy) is 1. The third-order valence-corrected chi connectivity index (χ3v) is 5.64. The Labute approximate surface area is 132 Å². The summed E-state index contributed by atoms with van der Waals surface area (Å²) in [7, 11) is 1.66. The summed E-state index contributed by atoms with van der Waals surface area (Å²) in [6, 6.07) is 9.95. The average molecular weight is 319 g/mol. The van der Waals surface area contributed by atoms with E-state index >= 15 is 0 Å². The Morgan fingerprint density at radius 2 is 2.24 bits per heavy atom. The van der Waals surface area contributed by atoms with Gasteiger partial charge in [0.2, 0.25) is 5.91 Å². The molecule has 0 bridgehead atoms. The van der Waals surface area contributed by atoms with Gasteiger partial charge in [-0.15, -0.1) is 23.1 Å². The summed E-state index contributed by atoms with van der Waals surface area (Å²) in [6.07, 6.45) is 0.984. The minimum Gasteiger partial charge on any atom is -0.496 e. The van der Waals surface area contributed by atoms with Crippen LogP contribution in [-0.4, -0.2) is 30.2 Å². The van der Waals surface area contributed by atoms with E-state index in [1.807, 2.05) is 29.2 Å². The lowest BCUT2D eigenvalue weighted by Crippen LogP contribution is -2.36. The lowest BCUT2D eigenvalue weighted by molar-refractivity contribution is -0.129. The molecule has 5 heteroatoms. The molecule has 2 heterocycles. The Balaban J connectivity index is 1.60. The molecule has 0 N–H and O–H groups in total. The van der Waals surface area contributed by atoms with E-state index in [-0.39, 0.29) is 5.91 Å². The van der Waals surface area contributed by atoms with Gasteiger partial charge in [0.1, 0.15) is 5.75 Å². The van der Waals surface area contributed by atoms with Crippen LogP contribution in [0, 0.1) is 0 Å². The Hall–Kier alpha value is -1.46. The molecule has 0 aliphatic carbocycles. The van der Waals surface area contributed by atoms with Crippen molar-refractivity contribution in [3.8, 4) is 5.75 Å². The maximum Gasteiger partial charge on any atom is 0.233 e. The summed E-state index contributed by atoms with van der Waals surface area (Å²) in [6.45, 7) is 1.59. The highest BCUT2D eigenvalue weighted by Gasteiger charge is 2.21. The molecular formula is C16H17NO2S2. The van der Waals surface area contributed by atoms with Gasteiger partial charge < -0.3 is 9.64 Å². The largest absolute Gasteiger partial charge is 0.496 e. The topological polar surface area (TPSA) is 29.5 Å². The van der Waals surface area contributed by atoms with Crippen LogP contribution in [0.3, 0.4) is 0 Å². The van der Waals surface area contributed by atoms with Crippen LogP contribution in [0.2, 0.25) is 0 Å². The van der Waals surface area contributed by atoms with Crippen LogP contribution in [0.25, 0.3) is 0 Å². The highest BCUT2D eigenvalue weighted by atomic mass is 32.2.